The van der Waals surface area contributed by atoms with Gasteiger partial charge < -0.3 is 15.3 Å². The van der Waals surface area contributed by atoms with E-state index >= 15 is 0 Å². The third kappa shape index (κ3) is 4.38. The van der Waals surface area contributed by atoms with Crippen LogP contribution in [0.25, 0.3) is 0 Å². The van der Waals surface area contributed by atoms with Crippen molar-refractivity contribution in [2.75, 3.05) is 26.7 Å². The molecular weight excluding hydrogens is 246 g/mol. The van der Waals surface area contributed by atoms with Gasteiger partial charge in [0.15, 0.2) is 0 Å². The fraction of sp³-hybridized carbons (Fsp3) is 0.846. The van der Waals surface area contributed by atoms with Gasteiger partial charge in [-0.1, -0.05) is 6.92 Å². The summed E-state index contributed by atoms with van der Waals surface area (Å²) in [5, 5.41) is 11.6. The van der Waals surface area contributed by atoms with Crippen molar-refractivity contribution in [3.05, 3.63) is 0 Å². The van der Waals surface area contributed by atoms with Crippen LogP contribution >= 0.6 is 0 Å². The van der Waals surface area contributed by atoms with Crippen molar-refractivity contribution in [1.29, 1.82) is 0 Å². The lowest BCUT2D eigenvalue weighted by molar-refractivity contribution is -0.141. The van der Waals surface area contributed by atoms with Gasteiger partial charge in [-0.25, -0.2) is 4.79 Å². The zero-order valence-electron chi connectivity index (χ0n) is 12.2. The van der Waals surface area contributed by atoms with Crippen molar-refractivity contribution in [2.45, 2.75) is 39.3 Å². The predicted octanol–water partition coefficient (Wildman–Crippen LogP) is 0.831. The van der Waals surface area contributed by atoms with Gasteiger partial charge in [0, 0.05) is 31.7 Å². The molecule has 0 radical (unpaired) electrons. The molecule has 2 amide bonds. The van der Waals surface area contributed by atoms with E-state index in [2.05, 4.69) is 31.1 Å². The fourth-order valence-electron chi connectivity index (χ4n) is 2.20. The fourth-order valence-corrected chi connectivity index (χ4v) is 2.20. The molecule has 1 aliphatic rings. The number of urea groups is 1. The molecule has 0 aromatic heterocycles. The van der Waals surface area contributed by atoms with Crippen LogP contribution in [-0.2, 0) is 4.79 Å². The highest BCUT2D eigenvalue weighted by Gasteiger charge is 2.29. The summed E-state index contributed by atoms with van der Waals surface area (Å²) in [4.78, 5) is 26.7. The Bertz CT molecular complexity index is 323. The summed E-state index contributed by atoms with van der Waals surface area (Å²) in [7, 11) is 2.07. The summed E-state index contributed by atoms with van der Waals surface area (Å²) in [5.74, 6) is -1.25. The second-order valence-corrected chi connectivity index (χ2v) is 5.53. The Morgan fingerprint density at radius 1 is 1.32 bits per heavy atom. The first-order valence-corrected chi connectivity index (χ1v) is 6.80. The first-order chi connectivity index (χ1) is 8.82. The first kappa shape index (κ1) is 15.8. The number of hydrogen-bond donors (Lipinski definition) is 2. The van der Waals surface area contributed by atoms with Gasteiger partial charge in [0.1, 0.15) is 0 Å². The molecule has 0 aromatic rings. The second kappa shape index (κ2) is 6.75. The number of rotatable bonds is 4. The lowest BCUT2D eigenvalue weighted by Gasteiger charge is -2.42. The average Bonchev–Trinajstić information content (AvgIpc) is 2.34. The Balaban J connectivity index is 2.36. The highest BCUT2D eigenvalue weighted by molar-refractivity contribution is 5.74. The Hall–Kier alpha value is -1.30. The van der Waals surface area contributed by atoms with Crippen molar-refractivity contribution in [2.24, 2.45) is 5.92 Å². The van der Waals surface area contributed by atoms with Crippen LogP contribution < -0.4 is 5.32 Å². The van der Waals surface area contributed by atoms with Gasteiger partial charge in [-0.05, 0) is 27.3 Å². The molecule has 3 unspecified atom stereocenters. The van der Waals surface area contributed by atoms with E-state index in [1.165, 1.54) is 0 Å². The molecule has 0 aromatic carbocycles. The standard InChI is InChI=1S/C13H25N3O3/c1-9(12(17)18)5-6-14-13(19)16-7-10(2)15(4)11(3)8-16/h9-11H,5-8H2,1-4H3,(H,14,19)(H,17,18). The largest absolute Gasteiger partial charge is 0.481 e. The summed E-state index contributed by atoms with van der Waals surface area (Å²) in [5.41, 5.74) is 0. The zero-order valence-corrected chi connectivity index (χ0v) is 12.2. The predicted molar refractivity (Wildman–Crippen MR) is 73.1 cm³/mol. The first-order valence-electron chi connectivity index (χ1n) is 6.80. The van der Waals surface area contributed by atoms with E-state index < -0.39 is 11.9 Å². The summed E-state index contributed by atoms with van der Waals surface area (Å²) < 4.78 is 0. The van der Waals surface area contributed by atoms with Crippen LogP contribution in [0.2, 0.25) is 0 Å². The molecule has 1 saturated heterocycles. The van der Waals surface area contributed by atoms with Crippen molar-refractivity contribution in [1.82, 2.24) is 15.1 Å². The number of amides is 2. The van der Waals surface area contributed by atoms with E-state index in [1.54, 1.807) is 11.8 Å². The van der Waals surface area contributed by atoms with Gasteiger partial charge in [0.2, 0.25) is 0 Å². The molecule has 1 rings (SSSR count). The van der Waals surface area contributed by atoms with Crippen molar-refractivity contribution < 1.29 is 14.7 Å². The number of carboxylic acids is 1. The summed E-state index contributed by atoms with van der Waals surface area (Å²) >= 11 is 0. The van der Waals surface area contributed by atoms with E-state index in [4.69, 9.17) is 5.11 Å². The van der Waals surface area contributed by atoms with E-state index in [-0.39, 0.29) is 6.03 Å². The number of carbonyl (C=O) groups is 2. The van der Waals surface area contributed by atoms with Gasteiger partial charge in [0.25, 0.3) is 0 Å². The van der Waals surface area contributed by atoms with Crippen molar-refractivity contribution in [3.63, 3.8) is 0 Å². The minimum absolute atomic E-state index is 0.0932. The Kier molecular flexibility index (Phi) is 5.60. The van der Waals surface area contributed by atoms with Crippen LogP contribution in [0.4, 0.5) is 4.79 Å². The highest BCUT2D eigenvalue weighted by Crippen LogP contribution is 2.13. The average molecular weight is 271 g/mol. The molecule has 0 spiro atoms. The SMILES string of the molecule is CC(CCNC(=O)N1CC(C)N(C)C(C)C1)C(=O)O. The van der Waals surface area contributed by atoms with Gasteiger partial charge in [-0.2, -0.15) is 0 Å². The highest BCUT2D eigenvalue weighted by atomic mass is 16.4. The minimum Gasteiger partial charge on any atom is -0.481 e. The number of nitrogens with zero attached hydrogens (tertiary/aromatic N) is 2. The van der Waals surface area contributed by atoms with E-state index in [9.17, 15) is 9.59 Å². The Morgan fingerprint density at radius 2 is 1.84 bits per heavy atom. The van der Waals surface area contributed by atoms with Crippen molar-refractivity contribution in [3.8, 4) is 0 Å². The molecule has 0 saturated carbocycles. The number of hydrogen-bond acceptors (Lipinski definition) is 3. The minimum atomic E-state index is -0.823. The number of carbonyl (C=O) groups excluding carboxylic acids is 1. The number of carboxylic acid groups (broad SMARTS) is 1. The lowest BCUT2D eigenvalue weighted by atomic mass is 10.1. The quantitative estimate of drug-likeness (QED) is 0.794. The third-order valence-corrected chi connectivity index (χ3v) is 3.92. The van der Waals surface area contributed by atoms with Crippen LogP contribution in [0.15, 0.2) is 0 Å². The number of aliphatic carboxylic acids is 1. The zero-order chi connectivity index (χ0) is 14.6. The summed E-state index contributed by atoms with van der Waals surface area (Å²) in [6.07, 6.45) is 0.458. The Morgan fingerprint density at radius 3 is 2.32 bits per heavy atom. The molecule has 1 aliphatic heterocycles. The summed E-state index contributed by atoms with van der Waals surface area (Å²) in [6, 6.07) is 0.587. The van der Waals surface area contributed by atoms with Crippen LogP contribution in [0.1, 0.15) is 27.2 Å². The topological polar surface area (TPSA) is 72.9 Å². The normalized spacial score (nSPS) is 26.0. The lowest BCUT2D eigenvalue weighted by Crippen LogP contribution is -2.58. The molecule has 6 nitrogen and oxygen atoms in total. The van der Waals surface area contributed by atoms with Crippen LogP contribution in [0, 0.1) is 5.92 Å². The molecule has 2 N–H and O–H groups in total. The van der Waals surface area contributed by atoms with Crippen LogP contribution in [-0.4, -0.2) is 65.7 Å². The number of likely N-dealkylation sites (N-methyl/N-ethyl adjacent to an activating group) is 1. The van der Waals surface area contributed by atoms with Gasteiger partial charge in [-0.15, -0.1) is 0 Å². The molecule has 19 heavy (non-hydrogen) atoms. The van der Waals surface area contributed by atoms with Crippen LogP contribution in [0.3, 0.4) is 0 Å². The molecular formula is C13H25N3O3. The Labute approximate surface area is 114 Å². The number of piperazine rings is 1. The van der Waals surface area contributed by atoms with Gasteiger partial charge in [-0.3, -0.25) is 9.69 Å². The van der Waals surface area contributed by atoms with E-state index in [0.29, 0.717) is 38.1 Å². The maximum Gasteiger partial charge on any atom is 0.317 e. The summed E-state index contributed by atoms with van der Waals surface area (Å²) in [6.45, 7) is 7.67. The molecule has 0 aliphatic carbocycles. The second-order valence-electron chi connectivity index (χ2n) is 5.53. The third-order valence-electron chi connectivity index (χ3n) is 3.92. The maximum absolute atomic E-state index is 12.0. The van der Waals surface area contributed by atoms with E-state index in [1.807, 2.05) is 0 Å². The number of nitrogens with one attached hydrogen (secondary N) is 1. The maximum atomic E-state index is 12.0. The molecule has 3 atom stereocenters. The molecule has 6 heteroatoms. The smallest absolute Gasteiger partial charge is 0.317 e. The molecule has 1 heterocycles. The monoisotopic (exact) mass is 271 g/mol. The van der Waals surface area contributed by atoms with Gasteiger partial charge in [0.05, 0.1) is 5.92 Å². The van der Waals surface area contributed by atoms with Crippen molar-refractivity contribution >= 4 is 12.0 Å². The van der Waals surface area contributed by atoms with E-state index in [0.717, 1.165) is 0 Å². The molecule has 1 fully saturated rings. The van der Waals surface area contributed by atoms with Gasteiger partial charge >= 0.3 is 12.0 Å². The molecule has 110 valence electrons. The van der Waals surface area contributed by atoms with Crippen LogP contribution in [0.5, 0.6) is 0 Å². The molecule has 0 bridgehead atoms.